The molecule has 0 N–H and O–H groups in total. The van der Waals surface area contributed by atoms with E-state index in [0.29, 0.717) is 10.6 Å². The van der Waals surface area contributed by atoms with Crippen LogP contribution in [0.5, 0.6) is 0 Å². The van der Waals surface area contributed by atoms with E-state index >= 15 is 0 Å². The molecule has 1 aromatic carbocycles. The number of rotatable bonds is 2. The normalized spacial score (nSPS) is 18.3. The van der Waals surface area contributed by atoms with E-state index in [1.807, 2.05) is 12.1 Å². The lowest BCUT2D eigenvalue weighted by atomic mass is 10.1. The van der Waals surface area contributed by atoms with Gasteiger partial charge in [0.05, 0.1) is 11.6 Å². The van der Waals surface area contributed by atoms with Crippen molar-refractivity contribution >= 4 is 11.6 Å². The molecule has 1 aromatic rings. The Bertz CT molecular complexity index is 453. The first-order valence-electron chi connectivity index (χ1n) is 6.28. The van der Waals surface area contributed by atoms with Gasteiger partial charge in [-0.05, 0) is 44.3 Å². The maximum absolute atomic E-state index is 8.82. The van der Waals surface area contributed by atoms with Crippen LogP contribution in [0.3, 0.4) is 0 Å². The van der Waals surface area contributed by atoms with Crippen LogP contribution in [-0.4, -0.2) is 43.0 Å². The Kier molecular flexibility index (Phi) is 4.60. The molecule has 0 aromatic heterocycles. The van der Waals surface area contributed by atoms with Gasteiger partial charge in [0.25, 0.3) is 0 Å². The third-order valence-electron chi connectivity index (χ3n) is 3.39. The maximum atomic E-state index is 8.82. The second-order valence-corrected chi connectivity index (χ2v) is 5.26. The lowest BCUT2D eigenvalue weighted by Crippen LogP contribution is -2.28. The molecule has 2 rings (SSSR count). The second kappa shape index (κ2) is 6.19. The number of hydrogen-bond acceptors (Lipinski definition) is 3. The summed E-state index contributed by atoms with van der Waals surface area (Å²) in [5.41, 5.74) is 1.74. The van der Waals surface area contributed by atoms with Gasteiger partial charge in [-0.1, -0.05) is 17.7 Å². The van der Waals surface area contributed by atoms with Crippen LogP contribution in [0.15, 0.2) is 18.2 Å². The summed E-state index contributed by atoms with van der Waals surface area (Å²) in [4.78, 5) is 4.79. The maximum Gasteiger partial charge on any atom is 0.0992 e. The molecule has 0 radical (unpaired) electrons. The third-order valence-corrected chi connectivity index (χ3v) is 3.74. The highest BCUT2D eigenvalue weighted by Gasteiger charge is 2.13. The molecule has 1 heterocycles. The summed E-state index contributed by atoms with van der Waals surface area (Å²) in [7, 11) is 2.16. The molecule has 96 valence electrons. The minimum absolute atomic E-state index is 0.624. The van der Waals surface area contributed by atoms with Crippen molar-refractivity contribution in [2.45, 2.75) is 13.0 Å². The van der Waals surface area contributed by atoms with Gasteiger partial charge in [0.1, 0.15) is 0 Å². The van der Waals surface area contributed by atoms with Crippen molar-refractivity contribution in [3.63, 3.8) is 0 Å². The summed E-state index contributed by atoms with van der Waals surface area (Å²) in [6, 6.07) is 7.67. The molecule has 1 aliphatic heterocycles. The van der Waals surface area contributed by atoms with E-state index in [1.54, 1.807) is 6.07 Å². The summed E-state index contributed by atoms with van der Waals surface area (Å²) in [5, 5.41) is 9.52. The molecule has 0 saturated carbocycles. The molecule has 0 amide bonds. The summed E-state index contributed by atoms with van der Waals surface area (Å²) >= 11 is 6.21. The second-order valence-electron chi connectivity index (χ2n) is 4.85. The van der Waals surface area contributed by atoms with Crippen LogP contribution in [0.4, 0.5) is 0 Å². The molecule has 0 spiro atoms. The molecular formula is C14H18ClN3. The van der Waals surface area contributed by atoms with E-state index < -0.39 is 0 Å². The molecule has 1 fully saturated rings. The largest absolute Gasteiger partial charge is 0.305 e. The lowest BCUT2D eigenvalue weighted by Gasteiger charge is -2.20. The summed E-state index contributed by atoms with van der Waals surface area (Å²) < 4.78 is 0. The Labute approximate surface area is 114 Å². The van der Waals surface area contributed by atoms with Gasteiger partial charge < -0.3 is 4.90 Å². The van der Waals surface area contributed by atoms with E-state index in [9.17, 15) is 0 Å². The first kappa shape index (κ1) is 13.4. The quantitative estimate of drug-likeness (QED) is 0.821. The van der Waals surface area contributed by atoms with Gasteiger partial charge in [-0.3, -0.25) is 4.90 Å². The Morgan fingerprint density at radius 3 is 2.83 bits per heavy atom. The number of nitrogens with zero attached hydrogens (tertiary/aromatic N) is 3. The van der Waals surface area contributed by atoms with E-state index in [1.165, 1.54) is 6.42 Å². The van der Waals surface area contributed by atoms with Crippen molar-refractivity contribution in [2.75, 3.05) is 33.2 Å². The van der Waals surface area contributed by atoms with Gasteiger partial charge in [-0.2, -0.15) is 5.26 Å². The van der Waals surface area contributed by atoms with Gasteiger partial charge in [0, 0.05) is 24.7 Å². The Hall–Kier alpha value is -1.08. The number of halogens is 1. The minimum atomic E-state index is 0.624. The topological polar surface area (TPSA) is 30.3 Å². The molecule has 3 nitrogen and oxygen atoms in total. The highest BCUT2D eigenvalue weighted by Crippen LogP contribution is 2.20. The predicted molar refractivity (Wildman–Crippen MR) is 73.6 cm³/mol. The fraction of sp³-hybridized carbons (Fsp3) is 0.500. The fourth-order valence-corrected chi connectivity index (χ4v) is 2.48. The Morgan fingerprint density at radius 1 is 1.28 bits per heavy atom. The number of likely N-dealkylation sites (N-methyl/N-ethyl adjacent to an activating group) is 1. The van der Waals surface area contributed by atoms with Crippen molar-refractivity contribution in [1.82, 2.24) is 9.80 Å². The lowest BCUT2D eigenvalue weighted by molar-refractivity contribution is 0.269. The number of hydrogen-bond donors (Lipinski definition) is 0. The zero-order valence-corrected chi connectivity index (χ0v) is 11.5. The molecular weight excluding hydrogens is 246 g/mol. The first-order chi connectivity index (χ1) is 8.69. The van der Waals surface area contributed by atoms with Crippen molar-refractivity contribution in [1.29, 1.82) is 5.26 Å². The average molecular weight is 264 g/mol. The van der Waals surface area contributed by atoms with Crippen LogP contribution in [-0.2, 0) is 6.54 Å². The Morgan fingerprint density at radius 2 is 2.11 bits per heavy atom. The molecule has 1 saturated heterocycles. The van der Waals surface area contributed by atoms with Gasteiger partial charge in [0.2, 0.25) is 0 Å². The van der Waals surface area contributed by atoms with Crippen LogP contribution in [0.2, 0.25) is 5.02 Å². The molecule has 0 bridgehead atoms. The summed E-state index contributed by atoms with van der Waals surface area (Å²) in [6.45, 7) is 5.33. The monoisotopic (exact) mass is 263 g/mol. The molecule has 0 aliphatic carbocycles. The van der Waals surface area contributed by atoms with Crippen molar-refractivity contribution in [3.05, 3.63) is 34.3 Å². The number of nitriles is 1. The molecule has 0 unspecified atom stereocenters. The minimum Gasteiger partial charge on any atom is -0.305 e. The first-order valence-corrected chi connectivity index (χ1v) is 6.66. The smallest absolute Gasteiger partial charge is 0.0992 e. The van der Waals surface area contributed by atoms with Gasteiger partial charge in [0.15, 0.2) is 0 Å². The number of benzene rings is 1. The van der Waals surface area contributed by atoms with Crippen LogP contribution >= 0.6 is 11.6 Å². The van der Waals surface area contributed by atoms with Crippen LogP contribution in [0.25, 0.3) is 0 Å². The van der Waals surface area contributed by atoms with Crippen molar-refractivity contribution in [3.8, 4) is 6.07 Å². The van der Waals surface area contributed by atoms with E-state index in [-0.39, 0.29) is 0 Å². The average Bonchev–Trinajstić information content (AvgIpc) is 2.57. The van der Waals surface area contributed by atoms with E-state index in [2.05, 4.69) is 22.9 Å². The van der Waals surface area contributed by atoms with Crippen LogP contribution < -0.4 is 0 Å². The molecule has 1 aliphatic rings. The van der Waals surface area contributed by atoms with E-state index in [4.69, 9.17) is 16.9 Å². The summed E-state index contributed by atoms with van der Waals surface area (Å²) in [5.74, 6) is 0. The van der Waals surface area contributed by atoms with Crippen molar-refractivity contribution in [2.24, 2.45) is 0 Å². The third kappa shape index (κ3) is 3.46. The fourth-order valence-electron chi connectivity index (χ4n) is 2.24. The highest BCUT2D eigenvalue weighted by atomic mass is 35.5. The molecule has 18 heavy (non-hydrogen) atoms. The Balaban J connectivity index is 2.03. The zero-order chi connectivity index (χ0) is 13.0. The predicted octanol–water partition coefficient (Wildman–Crippen LogP) is 2.35. The summed E-state index contributed by atoms with van der Waals surface area (Å²) in [6.07, 6.45) is 1.20. The zero-order valence-electron chi connectivity index (χ0n) is 10.7. The van der Waals surface area contributed by atoms with Crippen molar-refractivity contribution < 1.29 is 0 Å². The standard InChI is InChI=1S/C14H18ClN3/c1-17-5-2-6-18(8-7-17)11-13-4-3-12(10-16)9-14(13)15/h3-4,9H,2,5-8,11H2,1H3. The van der Waals surface area contributed by atoms with Gasteiger partial charge in [-0.25, -0.2) is 0 Å². The van der Waals surface area contributed by atoms with Gasteiger partial charge >= 0.3 is 0 Å². The van der Waals surface area contributed by atoms with Gasteiger partial charge in [-0.15, -0.1) is 0 Å². The molecule has 0 atom stereocenters. The highest BCUT2D eigenvalue weighted by molar-refractivity contribution is 6.31. The van der Waals surface area contributed by atoms with Crippen LogP contribution in [0.1, 0.15) is 17.5 Å². The van der Waals surface area contributed by atoms with Crippen LogP contribution in [0, 0.1) is 11.3 Å². The SMILES string of the molecule is CN1CCCN(Cc2ccc(C#N)cc2Cl)CC1. The van der Waals surface area contributed by atoms with E-state index in [0.717, 1.165) is 38.3 Å². The molecule has 4 heteroatoms.